The molecule has 0 aromatic heterocycles. The summed E-state index contributed by atoms with van der Waals surface area (Å²) in [7, 11) is 1.54. The fourth-order valence-corrected chi connectivity index (χ4v) is 2.22. The first-order chi connectivity index (χ1) is 11.4. The first kappa shape index (κ1) is 19.5. The minimum Gasteiger partial charge on any atom is -0.383 e. The summed E-state index contributed by atoms with van der Waals surface area (Å²) in [6.45, 7) is 4.61. The Morgan fingerprint density at radius 3 is 2.58 bits per heavy atom. The number of benzene rings is 1. The summed E-state index contributed by atoms with van der Waals surface area (Å²) >= 11 is 0. The summed E-state index contributed by atoms with van der Waals surface area (Å²) in [5.74, 6) is 2.18. The van der Waals surface area contributed by atoms with Gasteiger partial charge in [0.25, 0.3) is 11.6 Å². The second kappa shape index (κ2) is 8.89. The molecule has 0 fully saturated rings. The normalized spacial score (nSPS) is 10.8. The van der Waals surface area contributed by atoms with E-state index in [-0.39, 0.29) is 11.3 Å². The van der Waals surface area contributed by atoms with Crippen molar-refractivity contribution in [1.82, 2.24) is 5.32 Å². The van der Waals surface area contributed by atoms with Crippen LogP contribution < -0.4 is 10.6 Å². The predicted molar refractivity (Wildman–Crippen MR) is 93.1 cm³/mol. The fraction of sp³-hybridized carbons (Fsp3) is 0.471. The lowest BCUT2D eigenvalue weighted by molar-refractivity contribution is -0.384. The lowest BCUT2D eigenvalue weighted by Crippen LogP contribution is -2.46. The van der Waals surface area contributed by atoms with Gasteiger partial charge in [-0.05, 0) is 25.0 Å². The van der Waals surface area contributed by atoms with Crippen LogP contribution in [0.25, 0.3) is 0 Å². The Kier molecular flexibility index (Phi) is 7.21. The van der Waals surface area contributed by atoms with Crippen molar-refractivity contribution in [2.24, 2.45) is 0 Å². The summed E-state index contributed by atoms with van der Waals surface area (Å²) < 4.78 is 4.90. The maximum atomic E-state index is 12.4. The van der Waals surface area contributed by atoms with E-state index in [1.807, 2.05) is 13.8 Å². The molecule has 0 aliphatic rings. The summed E-state index contributed by atoms with van der Waals surface area (Å²) in [4.78, 5) is 23.1. The number of nitro groups is 1. The van der Waals surface area contributed by atoms with E-state index in [0.717, 1.165) is 0 Å². The van der Waals surface area contributed by atoms with Crippen LogP contribution in [-0.4, -0.2) is 36.6 Å². The molecule has 1 aromatic carbocycles. The maximum Gasteiger partial charge on any atom is 0.293 e. The molecule has 0 aliphatic heterocycles. The van der Waals surface area contributed by atoms with Gasteiger partial charge in [-0.3, -0.25) is 14.9 Å². The van der Waals surface area contributed by atoms with E-state index in [1.54, 1.807) is 7.11 Å². The van der Waals surface area contributed by atoms with Gasteiger partial charge in [-0.15, -0.1) is 6.42 Å². The third-order valence-corrected chi connectivity index (χ3v) is 3.91. The molecule has 0 aliphatic carbocycles. The third kappa shape index (κ3) is 4.70. The molecule has 0 spiro atoms. The molecule has 7 heteroatoms. The monoisotopic (exact) mass is 333 g/mol. The van der Waals surface area contributed by atoms with Gasteiger partial charge in [-0.25, -0.2) is 0 Å². The van der Waals surface area contributed by atoms with Gasteiger partial charge >= 0.3 is 0 Å². The zero-order chi connectivity index (χ0) is 18.2. The van der Waals surface area contributed by atoms with Gasteiger partial charge in [0, 0.05) is 25.3 Å². The molecule has 0 bridgehead atoms. The van der Waals surface area contributed by atoms with E-state index in [0.29, 0.717) is 31.7 Å². The molecule has 130 valence electrons. The van der Waals surface area contributed by atoms with Gasteiger partial charge in [-0.1, -0.05) is 19.8 Å². The number of ether oxygens (including phenoxy) is 1. The van der Waals surface area contributed by atoms with E-state index < -0.39 is 16.4 Å². The van der Waals surface area contributed by atoms with E-state index in [9.17, 15) is 14.9 Å². The molecule has 0 heterocycles. The van der Waals surface area contributed by atoms with E-state index in [4.69, 9.17) is 11.2 Å². The highest BCUT2D eigenvalue weighted by molar-refractivity contribution is 5.96. The Hall–Kier alpha value is -2.59. The van der Waals surface area contributed by atoms with Crippen molar-refractivity contribution in [3.63, 3.8) is 0 Å². The minimum atomic E-state index is -0.749. The SMILES string of the molecule is C#CC(CC)(CC)NC(=O)c1ccc(NCCOC)c([N+](=O)[O-])c1. The van der Waals surface area contributed by atoms with Crippen molar-refractivity contribution < 1.29 is 14.5 Å². The number of nitro benzene ring substituents is 1. The molecule has 24 heavy (non-hydrogen) atoms. The number of rotatable bonds is 9. The van der Waals surface area contributed by atoms with E-state index >= 15 is 0 Å². The highest BCUT2D eigenvalue weighted by Crippen LogP contribution is 2.26. The van der Waals surface area contributed by atoms with Crippen LogP contribution in [0.2, 0.25) is 0 Å². The molecule has 0 unspecified atom stereocenters. The molecule has 1 aromatic rings. The van der Waals surface area contributed by atoms with Crippen molar-refractivity contribution in [3.05, 3.63) is 33.9 Å². The van der Waals surface area contributed by atoms with Crippen molar-refractivity contribution in [3.8, 4) is 12.3 Å². The number of nitrogens with zero attached hydrogens (tertiary/aromatic N) is 1. The number of hydrogen-bond donors (Lipinski definition) is 2. The largest absolute Gasteiger partial charge is 0.383 e. The average molecular weight is 333 g/mol. The van der Waals surface area contributed by atoms with E-state index in [2.05, 4.69) is 16.6 Å². The van der Waals surface area contributed by atoms with Gasteiger partial charge < -0.3 is 15.4 Å². The minimum absolute atomic E-state index is 0.168. The molecule has 1 rings (SSSR count). The van der Waals surface area contributed by atoms with Crippen LogP contribution in [0.15, 0.2) is 18.2 Å². The molecule has 1 amide bonds. The summed E-state index contributed by atoms with van der Waals surface area (Å²) in [6, 6.07) is 4.29. The Bertz CT molecular complexity index is 633. The van der Waals surface area contributed by atoms with Crippen LogP contribution in [0.1, 0.15) is 37.0 Å². The first-order valence-corrected chi connectivity index (χ1v) is 7.74. The summed E-state index contributed by atoms with van der Waals surface area (Å²) in [5.41, 5.74) is -0.386. The molecular formula is C17H23N3O4. The number of anilines is 1. The van der Waals surface area contributed by atoms with Crippen LogP contribution in [-0.2, 0) is 4.74 Å². The second-order valence-corrected chi connectivity index (χ2v) is 5.30. The topological polar surface area (TPSA) is 93.5 Å². The molecular weight excluding hydrogens is 310 g/mol. The maximum absolute atomic E-state index is 12.4. The van der Waals surface area contributed by atoms with Crippen LogP contribution in [0.5, 0.6) is 0 Å². The average Bonchev–Trinajstić information content (AvgIpc) is 2.60. The Morgan fingerprint density at radius 1 is 1.42 bits per heavy atom. The number of carbonyl (C=O) groups is 1. The van der Waals surface area contributed by atoms with Crippen LogP contribution >= 0.6 is 0 Å². The van der Waals surface area contributed by atoms with Crippen molar-refractivity contribution in [2.45, 2.75) is 32.2 Å². The number of carbonyl (C=O) groups excluding carboxylic acids is 1. The quantitative estimate of drug-likeness (QED) is 0.313. The molecule has 7 nitrogen and oxygen atoms in total. The lowest BCUT2D eigenvalue weighted by atomic mass is 9.93. The highest BCUT2D eigenvalue weighted by Gasteiger charge is 2.27. The van der Waals surface area contributed by atoms with Crippen molar-refractivity contribution in [2.75, 3.05) is 25.6 Å². The molecule has 0 saturated heterocycles. The zero-order valence-electron chi connectivity index (χ0n) is 14.2. The van der Waals surface area contributed by atoms with Gasteiger partial charge in [0.2, 0.25) is 0 Å². The number of methoxy groups -OCH3 is 1. The van der Waals surface area contributed by atoms with Crippen LogP contribution in [0, 0.1) is 22.5 Å². The van der Waals surface area contributed by atoms with Gasteiger partial charge in [0.1, 0.15) is 11.2 Å². The third-order valence-electron chi connectivity index (χ3n) is 3.91. The summed E-state index contributed by atoms with van der Waals surface area (Å²) in [5, 5.41) is 17.0. The molecule has 0 radical (unpaired) electrons. The molecule has 0 atom stereocenters. The second-order valence-electron chi connectivity index (χ2n) is 5.30. The van der Waals surface area contributed by atoms with E-state index in [1.165, 1.54) is 18.2 Å². The fourth-order valence-electron chi connectivity index (χ4n) is 2.22. The number of amides is 1. The molecule has 2 N–H and O–H groups in total. The van der Waals surface area contributed by atoms with Gasteiger partial charge in [0.15, 0.2) is 0 Å². The highest BCUT2D eigenvalue weighted by atomic mass is 16.6. The Balaban J connectivity index is 3.04. The van der Waals surface area contributed by atoms with Gasteiger partial charge in [0.05, 0.1) is 11.5 Å². The predicted octanol–water partition coefficient (Wildman–Crippen LogP) is 2.57. The standard InChI is InChI=1S/C17H23N3O4/c1-5-17(6-2,7-3)19-16(21)13-8-9-14(18-10-11-24-4)15(12-13)20(22)23/h1,8-9,12,18H,6-7,10-11H2,2-4H3,(H,19,21). The van der Waals surface area contributed by atoms with Crippen molar-refractivity contribution >= 4 is 17.3 Å². The Labute approximate surface area is 141 Å². The number of terminal acetylenes is 1. The number of hydrogen-bond acceptors (Lipinski definition) is 5. The number of nitrogens with one attached hydrogen (secondary N) is 2. The Morgan fingerprint density at radius 2 is 2.08 bits per heavy atom. The summed E-state index contributed by atoms with van der Waals surface area (Å²) in [6.07, 6.45) is 6.68. The van der Waals surface area contributed by atoms with Crippen LogP contribution in [0.3, 0.4) is 0 Å². The smallest absolute Gasteiger partial charge is 0.293 e. The van der Waals surface area contributed by atoms with Crippen LogP contribution in [0.4, 0.5) is 11.4 Å². The lowest BCUT2D eigenvalue weighted by Gasteiger charge is -2.27. The van der Waals surface area contributed by atoms with Crippen molar-refractivity contribution in [1.29, 1.82) is 0 Å². The molecule has 0 saturated carbocycles. The first-order valence-electron chi connectivity index (χ1n) is 7.74. The van der Waals surface area contributed by atoms with Gasteiger partial charge in [-0.2, -0.15) is 0 Å². The zero-order valence-corrected chi connectivity index (χ0v) is 14.2.